The summed E-state index contributed by atoms with van der Waals surface area (Å²) < 4.78 is 0. The molecule has 1 atom stereocenters. The van der Waals surface area contributed by atoms with Crippen molar-refractivity contribution in [3.8, 4) is 6.07 Å². The fourth-order valence-corrected chi connectivity index (χ4v) is 1.38. The third-order valence-corrected chi connectivity index (χ3v) is 2.28. The van der Waals surface area contributed by atoms with Gasteiger partial charge in [0.25, 0.3) is 0 Å². The maximum absolute atomic E-state index is 11.5. The van der Waals surface area contributed by atoms with Crippen LogP contribution in [0.1, 0.15) is 17.5 Å². The van der Waals surface area contributed by atoms with Gasteiger partial charge in [-0.05, 0) is 17.7 Å². The van der Waals surface area contributed by atoms with Crippen molar-refractivity contribution in [3.05, 3.63) is 35.4 Å². The van der Waals surface area contributed by atoms with Crippen LogP contribution in [-0.2, 0) is 16.1 Å². The maximum atomic E-state index is 11.5. The minimum atomic E-state index is -0.943. The van der Waals surface area contributed by atoms with Crippen LogP contribution in [0.2, 0.25) is 0 Å². The molecule has 0 aliphatic heterocycles. The number of carbonyl (C=O) groups is 2. The van der Waals surface area contributed by atoms with Crippen LogP contribution in [0.3, 0.4) is 0 Å². The van der Waals surface area contributed by atoms with Gasteiger partial charge in [-0.25, -0.2) is 0 Å². The number of nitrogens with zero attached hydrogens (tertiary/aromatic N) is 1. The molecule has 0 spiro atoms. The smallest absolute Gasteiger partial charge is 0.237 e. The Morgan fingerprint density at radius 3 is 2.78 bits per heavy atom. The molecule has 0 radical (unpaired) electrons. The van der Waals surface area contributed by atoms with E-state index in [0.717, 1.165) is 5.56 Å². The predicted octanol–water partition coefficient (Wildman–Crippen LogP) is -0.623. The summed E-state index contributed by atoms with van der Waals surface area (Å²) in [4.78, 5) is 22.1. The highest BCUT2D eigenvalue weighted by Crippen LogP contribution is 2.03. The first-order chi connectivity index (χ1) is 8.52. The van der Waals surface area contributed by atoms with Crippen molar-refractivity contribution in [2.45, 2.75) is 19.0 Å². The molecular weight excluding hydrogens is 232 g/mol. The topological polar surface area (TPSA) is 122 Å². The quantitative estimate of drug-likeness (QED) is 0.640. The Labute approximate surface area is 105 Å². The molecule has 1 unspecified atom stereocenters. The van der Waals surface area contributed by atoms with Crippen LogP contribution >= 0.6 is 0 Å². The molecule has 5 N–H and O–H groups in total. The summed E-state index contributed by atoms with van der Waals surface area (Å²) >= 11 is 0. The molecule has 0 fully saturated rings. The summed E-state index contributed by atoms with van der Waals surface area (Å²) in [5, 5.41) is 11.3. The first-order valence-corrected chi connectivity index (χ1v) is 5.33. The molecule has 94 valence electrons. The van der Waals surface area contributed by atoms with Gasteiger partial charge in [0.05, 0.1) is 24.1 Å². The minimum absolute atomic E-state index is 0.190. The van der Waals surface area contributed by atoms with E-state index in [1.807, 2.05) is 6.07 Å². The van der Waals surface area contributed by atoms with Gasteiger partial charge in [-0.3, -0.25) is 9.59 Å². The minimum Gasteiger partial charge on any atom is -0.370 e. The van der Waals surface area contributed by atoms with Gasteiger partial charge in [0.1, 0.15) is 0 Å². The van der Waals surface area contributed by atoms with Gasteiger partial charge in [0.2, 0.25) is 11.8 Å². The number of hydrogen-bond donors (Lipinski definition) is 3. The number of hydrogen-bond acceptors (Lipinski definition) is 4. The normalized spacial score (nSPS) is 11.3. The maximum Gasteiger partial charge on any atom is 0.237 e. The van der Waals surface area contributed by atoms with Gasteiger partial charge >= 0.3 is 0 Å². The fourth-order valence-electron chi connectivity index (χ4n) is 1.38. The number of nitrogens with two attached hydrogens (primary N) is 2. The monoisotopic (exact) mass is 246 g/mol. The molecule has 0 saturated heterocycles. The number of carbonyl (C=O) groups excluding carboxylic acids is 2. The molecule has 0 saturated carbocycles. The SMILES string of the molecule is N#Cc1cccc(CNC(=O)C(N)CC(N)=O)c1. The van der Waals surface area contributed by atoms with Gasteiger partial charge in [0.15, 0.2) is 0 Å². The molecule has 6 nitrogen and oxygen atoms in total. The zero-order chi connectivity index (χ0) is 13.5. The number of nitriles is 1. The number of primary amides is 1. The van der Waals surface area contributed by atoms with Crippen LogP contribution in [0.25, 0.3) is 0 Å². The zero-order valence-corrected chi connectivity index (χ0v) is 9.72. The van der Waals surface area contributed by atoms with Gasteiger partial charge in [-0.1, -0.05) is 12.1 Å². The van der Waals surface area contributed by atoms with Crippen molar-refractivity contribution < 1.29 is 9.59 Å². The highest BCUT2D eigenvalue weighted by atomic mass is 16.2. The predicted molar refractivity (Wildman–Crippen MR) is 64.8 cm³/mol. The number of benzene rings is 1. The summed E-state index contributed by atoms with van der Waals surface area (Å²) in [6.45, 7) is 0.251. The highest BCUT2D eigenvalue weighted by Gasteiger charge is 2.15. The molecule has 0 heterocycles. The van der Waals surface area contributed by atoms with Crippen LogP contribution in [0.15, 0.2) is 24.3 Å². The van der Waals surface area contributed by atoms with Crippen molar-refractivity contribution in [2.24, 2.45) is 11.5 Å². The van der Waals surface area contributed by atoms with E-state index in [0.29, 0.717) is 5.56 Å². The Balaban J connectivity index is 2.52. The van der Waals surface area contributed by atoms with E-state index >= 15 is 0 Å². The van der Waals surface area contributed by atoms with E-state index < -0.39 is 17.9 Å². The van der Waals surface area contributed by atoms with Crippen molar-refractivity contribution in [3.63, 3.8) is 0 Å². The van der Waals surface area contributed by atoms with Crippen LogP contribution in [-0.4, -0.2) is 17.9 Å². The molecule has 1 aromatic carbocycles. The Morgan fingerprint density at radius 1 is 1.44 bits per heavy atom. The third kappa shape index (κ3) is 4.23. The summed E-state index contributed by atoms with van der Waals surface area (Å²) in [6.07, 6.45) is -0.190. The van der Waals surface area contributed by atoms with E-state index in [1.165, 1.54) is 0 Å². The first-order valence-electron chi connectivity index (χ1n) is 5.33. The van der Waals surface area contributed by atoms with Gasteiger partial charge in [-0.2, -0.15) is 5.26 Å². The Bertz CT molecular complexity index is 493. The van der Waals surface area contributed by atoms with Gasteiger partial charge in [0, 0.05) is 6.54 Å². The summed E-state index contributed by atoms with van der Waals surface area (Å²) in [7, 11) is 0. The molecule has 2 amide bonds. The average Bonchev–Trinajstić information content (AvgIpc) is 2.35. The lowest BCUT2D eigenvalue weighted by Crippen LogP contribution is -2.42. The van der Waals surface area contributed by atoms with Crippen LogP contribution in [0.4, 0.5) is 0 Å². The molecular formula is C12H14N4O2. The Hall–Kier alpha value is -2.39. The van der Waals surface area contributed by atoms with Crippen molar-refractivity contribution >= 4 is 11.8 Å². The molecule has 6 heteroatoms. The van der Waals surface area contributed by atoms with Crippen molar-refractivity contribution in [1.29, 1.82) is 5.26 Å². The fraction of sp³-hybridized carbons (Fsp3) is 0.250. The van der Waals surface area contributed by atoms with E-state index in [9.17, 15) is 9.59 Å². The summed E-state index contributed by atoms with van der Waals surface area (Å²) in [5.41, 5.74) is 11.7. The van der Waals surface area contributed by atoms with E-state index in [4.69, 9.17) is 16.7 Å². The second kappa shape index (κ2) is 6.37. The third-order valence-electron chi connectivity index (χ3n) is 2.28. The molecule has 18 heavy (non-hydrogen) atoms. The van der Waals surface area contributed by atoms with Crippen molar-refractivity contribution in [1.82, 2.24) is 5.32 Å². The molecule has 0 aliphatic rings. The van der Waals surface area contributed by atoms with E-state index in [1.54, 1.807) is 24.3 Å². The second-order valence-corrected chi connectivity index (χ2v) is 3.81. The van der Waals surface area contributed by atoms with Crippen LogP contribution < -0.4 is 16.8 Å². The molecule has 1 aromatic rings. The molecule has 0 aliphatic carbocycles. The number of amides is 2. The number of nitrogens with one attached hydrogen (secondary N) is 1. The number of rotatable bonds is 5. The van der Waals surface area contributed by atoms with Crippen LogP contribution in [0.5, 0.6) is 0 Å². The van der Waals surface area contributed by atoms with Crippen molar-refractivity contribution in [2.75, 3.05) is 0 Å². The summed E-state index contributed by atoms with van der Waals surface area (Å²) in [5.74, 6) is -1.07. The molecule has 0 bridgehead atoms. The molecule has 0 aromatic heterocycles. The highest BCUT2D eigenvalue weighted by molar-refractivity contribution is 5.87. The first kappa shape index (κ1) is 13.7. The van der Waals surface area contributed by atoms with E-state index in [2.05, 4.69) is 5.32 Å². The summed E-state index contributed by atoms with van der Waals surface area (Å²) in [6, 6.07) is 7.90. The lowest BCUT2D eigenvalue weighted by molar-refractivity contribution is -0.126. The Morgan fingerprint density at radius 2 is 2.17 bits per heavy atom. The Kier molecular flexibility index (Phi) is 4.84. The standard InChI is InChI=1S/C12H14N4O2/c13-6-8-2-1-3-9(4-8)7-16-12(18)10(14)5-11(15)17/h1-4,10H,5,7,14H2,(H2,15,17)(H,16,18). The largest absolute Gasteiger partial charge is 0.370 e. The average molecular weight is 246 g/mol. The molecule has 1 rings (SSSR count). The van der Waals surface area contributed by atoms with E-state index in [-0.39, 0.29) is 13.0 Å². The lowest BCUT2D eigenvalue weighted by atomic mass is 10.1. The van der Waals surface area contributed by atoms with Gasteiger partial charge < -0.3 is 16.8 Å². The zero-order valence-electron chi connectivity index (χ0n) is 9.72. The van der Waals surface area contributed by atoms with Crippen LogP contribution in [0, 0.1) is 11.3 Å². The van der Waals surface area contributed by atoms with Gasteiger partial charge in [-0.15, -0.1) is 0 Å². The lowest BCUT2D eigenvalue weighted by Gasteiger charge is -2.10. The second-order valence-electron chi connectivity index (χ2n) is 3.81.